The lowest BCUT2D eigenvalue weighted by Crippen LogP contribution is -2.14. The third-order valence-corrected chi connectivity index (χ3v) is 3.93. The van der Waals surface area contributed by atoms with Crippen LogP contribution in [-0.4, -0.2) is 11.6 Å². The fourth-order valence-electron chi connectivity index (χ4n) is 2.17. The summed E-state index contributed by atoms with van der Waals surface area (Å²) in [7, 11) is 2.02. The molecule has 0 radical (unpaired) electrons. The van der Waals surface area contributed by atoms with Crippen molar-refractivity contribution in [3.63, 3.8) is 0 Å². The minimum absolute atomic E-state index is 0.461. The van der Waals surface area contributed by atoms with E-state index in [2.05, 4.69) is 82.1 Å². The molecule has 3 heteroatoms. The fourth-order valence-corrected chi connectivity index (χ4v) is 2.53. The smallest absolute Gasteiger partial charge is 0.0470 e. The molecule has 0 amide bonds. The summed E-state index contributed by atoms with van der Waals surface area (Å²) >= 11 is 2.34. The molecule has 1 aromatic heterocycles. The first-order chi connectivity index (χ1) is 8.72. The molecule has 96 valence electrons. The van der Waals surface area contributed by atoms with E-state index in [1.54, 1.807) is 0 Å². The molecule has 0 spiro atoms. The Kier molecular flexibility index (Phi) is 4.83. The lowest BCUT2D eigenvalue weighted by atomic mass is 10.1. The minimum atomic E-state index is 0.461. The number of nitrogens with zero attached hydrogens (tertiary/aromatic N) is 1. The number of aromatic nitrogens is 1. The largest absolute Gasteiger partial charge is 0.350 e. The van der Waals surface area contributed by atoms with Crippen molar-refractivity contribution >= 4 is 22.6 Å². The molecule has 0 saturated carbocycles. The molecular weight excluding hydrogens is 335 g/mol. The van der Waals surface area contributed by atoms with E-state index in [0.29, 0.717) is 6.04 Å². The Labute approximate surface area is 123 Å². The van der Waals surface area contributed by atoms with Crippen LogP contribution in [0.3, 0.4) is 0 Å². The van der Waals surface area contributed by atoms with E-state index in [1.165, 1.54) is 14.7 Å². The highest BCUT2D eigenvalue weighted by Gasteiger charge is 2.07. The van der Waals surface area contributed by atoms with Gasteiger partial charge in [0.2, 0.25) is 0 Å². The van der Waals surface area contributed by atoms with Crippen molar-refractivity contribution in [3.8, 4) is 0 Å². The summed E-state index contributed by atoms with van der Waals surface area (Å²) in [4.78, 5) is 0. The Bertz CT molecular complexity index is 483. The van der Waals surface area contributed by atoms with Crippen LogP contribution >= 0.6 is 22.6 Å². The number of benzene rings is 1. The lowest BCUT2D eigenvalue weighted by molar-refractivity contribution is 0.575. The summed E-state index contributed by atoms with van der Waals surface area (Å²) in [6.45, 7) is 3.15. The first-order valence-corrected chi connectivity index (χ1v) is 7.38. The SMILES string of the molecule is CCC(NC)c1ccn(Cc2ccc(I)cc2)c1. The van der Waals surface area contributed by atoms with E-state index >= 15 is 0 Å². The van der Waals surface area contributed by atoms with Crippen molar-refractivity contribution in [2.75, 3.05) is 7.05 Å². The molecule has 0 aliphatic rings. The van der Waals surface area contributed by atoms with Gasteiger partial charge in [-0.25, -0.2) is 0 Å². The molecule has 1 atom stereocenters. The van der Waals surface area contributed by atoms with Gasteiger partial charge in [0.25, 0.3) is 0 Å². The molecule has 2 aromatic rings. The summed E-state index contributed by atoms with van der Waals surface area (Å²) < 4.78 is 3.53. The van der Waals surface area contributed by atoms with E-state index in [4.69, 9.17) is 0 Å². The van der Waals surface area contributed by atoms with E-state index in [0.717, 1.165) is 13.0 Å². The lowest BCUT2D eigenvalue weighted by Gasteiger charge is -2.11. The Morgan fingerprint density at radius 2 is 1.94 bits per heavy atom. The standard InChI is InChI=1S/C15H19IN2/c1-3-15(17-2)13-8-9-18(11-13)10-12-4-6-14(16)7-5-12/h4-9,11,15,17H,3,10H2,1-2H3. The second kappa shape index (κ2) is 6.38. The van der Waals surface area contributed by atoms with Gasteiger partial charge in [0.05, 0.1) is 0 Å². The van der Waals surface area contributed by atoms with Crippen LogP contribution < -0.4 is 5.32 Å². The summed E-state index contributed by atoms with van der Waals surface area (Å²) in [6.07, 6.45) is 5.51. The molecular formula is C15H19IN2. The van der Waals surface area contributed by atoms with E-state index < -0.39 is 0 Å². The van der Waals surface area contributed by atoms with E-state index in [1.807, 2.05) is 7.05 Å². The zero-order valence-corrected chi connectivity index (χ0v) is 13.0. The molecule has 0 aliphatic heterocycles. The third-order valence-electron chi connectivity index (χ3n) is 3.21. The Morgan fingerprint density at radius 3 is 2.56 bits per heavy atom. The average molecular weight is 354 g/mol. The molecule has 1 N–H and O–H groups in total. The maximum Gasteiger partial charge on any atom is 0.0470 e. The molecule has 0 saturated heterocycles. The highest BCUT2D eigenvalue weighted by atomic mass is 127. The second-order valence-corrected chi connectivity index (χ2v) is 5.74. The molecule has 2 nitrogen and oxygen atoms in total. The molecule has 1 aromatic carbocycles. The Morgan fingerprint density at radius 1 is 1.22 bits per heavy atom. The number of nitrogens with one attached hydrogen (secondary N) is 1. The van der Waals surface area contributed by atoms with Crippen molar-refractivity contribution in [1.82, 2.24) is 9.88 Å². The van der Waals surface area contributed by atoms with Crippen LogP contribution in [0, 0.1) is 3.57 Å². The normalized spacial score (nSPS) is 12.6. The van der Waals surface area contributed by atoms with Gasteiger partial charge < -0.3 is 9.88 Å². The average Bonchev–Trinajstić information content (AvgIpc) is 2.82. The van der Waals surface area contributed by atoms with Crippen LogP contribution in [0.1, 0.15) is 30.5 Å². The van der Waals surface area contributed by atoms with Gasteiger partial charge in [-0.05, 0) is 65.4 Å². The first-order valence-electron chi connectivity index (χ1n) is 6.30. The van der Waals surface area contributed by atoms with Crippen molar-refractivity contribution in [3.05, 3.63) is 57.4 Å². The number of rotatable bonds is 5. The summed E-state index contributed by atoms with van der Waals surface area (Å²) in [5.41, 5.74) is 2.71. The van der Waals surface area contributed by atoms with Crippen LogP contribution in [0.25, 0.3) is 0 Å². The predicted molar refractivity (Wildman–Crippen MR) is 84.8 cm³/mol. The van der Waals surface area contributed by atoms with Crippen molar-refractivity contribution in [2.24, 2.45) is 0 Å². The van der Waals surface area contributed by atoms with E-state index in [9.17, 15) is 0 Å². The Balaban J connectivity index is 2.08. The zero-order chi connectivity index (χ0) is 13.0. The van der Waals surface area contributed by atoms with Gasteiger partial charge in [0.1, 0.15) is 0 Å². The monoisotopic (exact) mass is 354 g/mol. The molecule has 1 heterocycles. The number of hydrogen-bond donors (Lipinski definition) is 1. The molecule has 18 heavy (non-hydrogen) atoms. The van der Waals surface area contributed by atoms with Crippen molar-refractivity contribution in [1.29, 1.82) is 0 Å². The summed E-state index contributed by atoms with van der Waals surface area (Å²) in [5.74, 6) is 0. The van der Waals surface area contributed by atoms with Crippen LogP contribution in [-0.2, 0) is 6.54 Å². The second-order valence-electron chi connectivity index (χ2n) is 4.49. The first kappa shape index (κ1) is 13.6. The predicted octanol–water partition coefficient (Wildman–Crippen LogP) is 3.81. The van der Waals surface area contributed by atoms with Crippen molar-refractivity contribution < 1.29 is 0 Å². The van der Waals surface area contributed by atoms with Gasteiger partial charge in [0.15, 0.2) is 0 Å². The fraction of sp³-hybridized carbons (Fsp3) is 0.333. The van der Waals surface area contributed by atoms with E-state index in [-0.39, 0.29) is 0 Å². The maximum atomic E-state index is 3.34. The summed E-state index contributed by atoms with van der Waals surface area (Å²) in [5, 5.41) is 3.34. The third kappa shape index (κ3) is 3.36. The minimum Gasteiger partial charge on any atom is -0.350 e. The van der Waals surface area contributed by atoms with Gasteiger partial charge in [-0.1, -0.05) is 19.1 Å². The zero-order valence-electron chi connectivity index (χ0n) is 10.9. The van der Waals surface area contributed by atoms with Gasteiger partial charge in [-0.3, -0.25) is 0 Å². The quantitative estimate of drug-likeness (QED) is 0.808. The highest BCUT2D eigenvalue weighted by Crippen LogP contribution is 2.17. The number of hydrogen-bond acceptors (Lipinski definition) is 1. The highest BCUT2D eigenvalue weighted by molar-refractivity contribution is 14.1. The summed E-state index contributed by atoms with van der Waals surface area (Å²) in [6, 6.07) is 11.4. The van der Waals surface area contributed by atoms with Gasteiger partial charge in [-0.15, -0.1) is 0 Å². The van der Waals surface area contributed by atoms with Crippen LogP contribution in [0.4, 0.5) is 0 Å². The molecule has 0 aliphatic carbocycles. The van der Waals surface area contributed by atoms with Gasteiger partial charge in [0, 0.05) is 28.6 Å². The number of halogens is 1. The Hall–Kier alpha value is -0.810. The topological polar surface area (TPSA) is 17.0 Å². The van der Waals surface area contributed by atoms with Crippen LogP contribution in [0.15, 0.2) is 42.7 Å². The van der Waals surface area contributed by atoms with Gasteiger partial charge in [-0.2, -0.15) is 0 Å². The van der Waals surface area contributed by atoms with Crippen LogP contribution in [0.2, 0.25) is 0 Å². The van der Waals surface area contributed by atoms with Gasteiger partial charge >= 0.3 is 0 Å². The molecule has 2 rings (SSSR count). The van der Waals surface area contributed by atoms with Crippen molar-refractivity contribution in [2.45, 2.75) is 25.9 Å². The molecule has 1 unspecified atom stereocenters. The molecule has 0 bridgehead atoms. The molecule has 0 fully saturated rings. The maximum absolute atomic E-state index is 3.34. The van der Waals surface area contributed by atoms with Crippen LogP contribution in [0.5, 0.6) is 0 Å².